The number of benzene rings is 1. The van der Waals surface area contributed by atoms with E-state index in [2.05, 4.69) is 16.2 Å². The highest BCUT2D eigenvalue weighted by Crippen LogP contribution is 2.19. The maximum absolute atomic E-state index is 12.7. The van der Waals surface area contributed by atoms with Crippen LogP contribution in [0.25, 0.3) is 0 Å². The van der Waals surface area contributed by atoms with Crippen LogP contribution in [0, 0.1) is 0 Å². The van der Waals surface area contributed by atoms with Crippen LogP contribution in [-0.2, 0) is 14.8 Å². The van der Waals surface area contributed by atoms with Gasteiger partial charge in [-0.05, 0) is 26.3 Å². The van der Waals surface area contributed by atoms with E-state index in [-0.39, 0.29) is 30.6 Å². The van der Waals surface area contributed by atoms with Gasteiger partial charge in [-0.25, -0.2) is 8.42 Å². The van der Waals surface area contributed by atoms with Crippen LogP contribution in [0.1, 0.15) is 32.4 Å². The van der Waals surface area contributed by atoms with Crippen LogP contribution < -0.4 is 16.2 Å². The van der Waals surface area contributed by atoms with Crippen LogP contribution in [0.3, 0.4) is 0 Å². The van der Waals surface area contributed by atoms with Gasteiger partial charge >= 0.3 is 0 Å². The van der Waals surface area contributed by atoms with Crippen LogP contribution in [0.5, 0.6) is 0 Å². The number of sulfonamides is 1. The minimum Gasteiger partial charge on any atom is -0.348 e. The van der Waals surface area contributed by atoms with E-state index in [1.165, 1.54) is 7.05 Å². The van der Waals surface area contributed by atoms with Gasteiger partial charge in [-0.3, -0.25) is 15.6 Å². The van der Waals surface area contributed by atoms with Crippen molar-refractivity contribution in [3.05, 3.63) is 35.9 Å². The third kappa shape index (κ3) is 4.13. The molecule has 134 valence electrons. The van der Waals surface area contributed by atoms with Gasteiger partial charge in [0.2, 0.25) is 15.9 Å². The van der Waals surface area contributed by atoms with Crippen LogP contribution >= 0.6 is 0 Å². The summed E-state index contributed by atoms with van der Waals surface area (Å²) < 4.78 is 26.6. The van der Waals surface area contributed by atoms with Crippen molar-refractivity contribution in [3.8, 4) is 0 Å². The number of hydrogen-bond donors (Lipinski definition) is 3. The average Bonchev–Trinajstić information content (AvgIpc) is 2.87. The fraction of sp³-hybridized carbons (Fsp3) is 0.562. The monoisotopic (exact) mass is 354 g/mol. The van der Waals surface area contributed by atoms with E-state index in [9.17, 15) is 13.2 Å². The second kappa shape index (κ2) is 7.60. The molecule has 1 saturated heterocycles. The average molecular weight is 354 g/mol. The SMILES string of the molecule is CC(NC(=O)CN(C)S(=O)(=O)C1C(C)NNC1C)c1ccccc1. The molecule has 3 atom stereocenters. The van der Waals surface area contributed by atoms with Crippen molar-refractivity contribution in [2.24, 2.45) is 0 Å². The number of hydrogen-bond acceptors (Lipinski definition) is 5. The van der Waals surface area contributed by atoms with Gasteiger partial charge in [-0.1, -0.05) is 30.3 Å². The van der Waals surface area contributed by atoms with Gasteiger partial charge in [0.25, 0.3) is 0 Å². The van der Waals surface area contributed by atoms with Crippen molar-refractivity contribution in [1.29, 1.82) is 0 Å². The van der Waals surface area contributed by atoms with E-state index in [4.69, 9.17) is 0 Å². The van der Waals surface area contributed by atoms with Gasteiger partial charge in [-0.2, -0.15) is 4.31 Å². The summed E-state index contributed by atoms with van der Waals surface area (Å²) in [7, 11) is -2.14. The van der Waals surface area contributed by atoms with Crippen molar-refractivity contribution >= 4 is 15.9 Å². The van der Waals surface area contributed by atoms with Crippen molar-refractivity contribution in [3.63, 3.8) is 0 Å². The largest absolute Gasteiger partial charge is 0.348 e. The molecule has 1 aromatic carbocycles. The Hall–Kier alpha value is -1.48. The lowest BCUT2D eigenvalue weighted by atomic mass is 10.1. The van der Waals surface area contributed by atoms with E-state index in [0.717, 1.165) is 9.87 Å². The molecule has 8 heteroatoms. The van der Waals surface area contributed by atoms with Crippen LogP contribution in [0.15, 0.2) is 30.3 Å². The molecule has 0 aliphatic carbocycles. The number of carbonyl (C=O) groups is 1. The first-order chi connectivity index (χ1) is 11.2. The molecule has 1 aliphatic heterocycles. The molecule has 0 aromatic heterocycles. The molecule has 0 bridgehead atoms. The second-order valence-electron chi connectivity index (χ2n) is 6.33. The zero-order chi connectivity index (χ0) is 17.9. The van der Waals surface area contributed by atoms with E-state index in [1.807, 2.05) is 51.1 Å². The van der Waals surface area contributed by atoms with Crippen molar-refractivity contribution in [2.45, 2.75) is 44.1 Å². The van der Waals surface area contributed by atoms with Crippen LogP contribution in [0.4, 0.5) is 0 Å². The number of carbonyl (C=O) groups excluding carboxylic acids is 1. The Bertz CT molecular complexity index is 655. The third-order valence-electron chi connectivity index (χ3n) is 4.35. The fourth-order valence-corrected chi connectivity index (χ4v) is 4.87. The normalized spacial score (nSPS) is 25.6. The molecule has 2 rings (SSSR count). The summed E-state index contributed by atoms with van der Waals surface area (Å²) >= 11 is 0. The molecule has 1 heterocycles. The topological polar surface area (TPSA) is 90.5 Å². The molecule has 1 fully saturated rings. The van der Waals surface area contributed by atoms with E-state index in [0.29, 0.717) is 0 Å². The predicted octanol–water partition coefficient (Wildman–Crippen LogP) is 0.379. The van der Waals surface area contributed by atoms with Crippen LogP contribution in [0.2, 0.25) is 0 Å². The summed E-state index contributed by atoms with van der Waals surface area (Å²) in [6.07, 6.45) is 0. The number of amides is 1. The maximum atomic E-state index is 12.7. The van der Waals surface area contributed by atoms with E-state index < -0.39 is 15.3 Å². The summed E-state index contributed by atoms with van der Waals surface area (Å²) in [5, 5.41) is 2.23. The lowest BCUT2D eigenvalue weighted by Crippen LogP contribution is -2.48. The summed E-state index contributed by atoms with van der Waals surface area (Å²) in [5.74, 6) is -0.323. The van der Waals surface area contributed by atoms with Crippen molar-refractivity contribution < 1.29 is 13.2 Å². The van der Waals surface area contributed by atoms with E-state index >= 15 is 0 Å². The maximum Gasteiger partial charge on any atom is 0.235 e. The Kier molecular flexibility index (Phi) is 5.97. The Morgan fingerprint density at radius 2 is 1.75 bits per heavy atom. The molecule has 0 saturated carbocycles. The lowest BCUT2D eigenvalue weighted by molar-refractivity contribution is -0.121. The second-order valence-corrected chi connectivity index (χ2v) is 8.53. The molecule has 3 N–H and O–H groups in total. The van der Waals surface area contributed by atoms with Gasteiger partial charge in [0.05, 0.1) is 12.6 Å². The first-order valence-corrected chi connectivity index (χ1v) is 9.54. The van der Waals surface area contributed by atoms with Crippen molar-refractivity contribution in [1.82, 2.24) is 20.5 Å². The highest BCUT2D eigenvalue weighted by molar-refractivity contribution is 7.89. The highest BCUT2D eigenvalue weighted by Gasteiger charge is 2.42. The summed E-state index contributed by atoms with van der Waals surface area (Å²) in [6, 6.07) is 8.93. The highest BCUT2D eigenvalue weighted by atomic mass is 32.2. The number of rotatable bonds is 6. The standard InChI is InChI=1S/C16H26N4O3S/c1-11(14-8-6-5-7-9-14)17-15(21)10-20(4)24(22,23)16-12(2)18-19-13(16)3/h5-9,11-13,16,18-19H,10H2,1-4H3,(H,17,21). The molecule has 1 aromatic rings. The summed E-state index contributed by atoms with van der Waals surface area (Å²) in [5.41, 5.74) is 6.84. The molecular formula is C16H26N4O3S. The number of nitrogens with one attached hydrogen (secondary N) is 3. The van der Waals surface area contributed by atoms with Gasteiger partial charge in [0.15, 0.2) is 0 Å². The van der Waals surface area contributed by atoms with Gasteiger partial charge in [0.1, 0.15) is 5.25 Å². The molecule has 3 unspecified atom stereocenters. The molecule has 0 radical (unpaired) electrons. The zero-order valence-electron chi connectivity index (χ0n) is 14.5. The Morgan fingerprint density at radius 3 is 2.29 bits per heavy atom. The van der Waals surface area contributed by atoms with Gasteiger partial charge in [0, 0.05) is 19.1 Å². The number of hydrazine groups is 1. The van der Waals surface area contributed by atoms with Crippen molar-refractivity contribution in [2.75, 3.05) is 13.6 Å². The first kappa shape index (κ1) is 18.9. The molecule has 1 aliphatic rings. The summed E-state index contributed by atoms with van der Waals surface area (Å²) in [4.78, 5) is 12.2. The first-order valence-electron chi connectivity index (χ1n) is 8.04. The minimum absolute atomic E-state index is 0.178. The van der Waals surface area contributed by atoms with Gasteiger partial charge in [-0.15, -0.1) is 0 Å². The number of nitrogens with zero attached hydrogens (tertiary/aromatic N) is 1. The smallest absolute Gasteiger partial charge is 0.235 e. The quantitative estimate of drug-likeness (QED) is 0.687. The Labute approximate surface area is 143 Å². The molecule has 24 heavy (non-hydrogen) atoms. The lowest BCUT2D eigenvalue weighted by Gasteiger charge is -2.25. The predicted molar refractivity (Wildman–Crippen MR) is 93.5 cm³/mol. The van der Waals surface area contributed by atoms with Gasteiger partial charge < -0.3 is 5.32 Å². The minimum atomic E-state index is -3.59. The van der Waals surface area contributed by atoms with Crippen LogP contribution in [-0.4, -0.2) is 49.6 Å². The Balaban J connectivity index is 1.98. The zero-order valence-corrected chi connectivity index (χ0v) is 15.3. The molecule has 7 nitrogen and oxygen atoms in total. The Morgan fingerprint density at radius 1 is 1.21 bits per heavy atom. The summed E-state index contributed by atoms with van der Waals surface area (Å²) in [6.45, 7) is 5.29. The number of likely N-dealkylation sites (N-methyl/N-ethyl adjacent to an activating group) is 1. The molecule has 0 spiro atoms. The third-order valence-corrected chi connectivity index (χ3v) is 6.85. The molecular weight excluding hydrogens is 328 g/mol. The fourth-order valence-electron chi connectivity index (χ4n) is 2.99. The van der Waals surface area contributed by atoms with E-state index in [1.54, 1.807) is 0 Å². The molecule has 1 amide bonds.